The molecule has 1 aromatic carbocycles. The SMILES string of the molecule is CC(Nc1ccc(F)cc1)c1ccc2c([n+]1[O-])CCCN2C(=O)C1CC1. The Balaban J connectivity index is 1.60. The summed E-state index contributed by atoms with van der Waals surface area (Å²) in [5.74, 6) is -0.00715. The van der Waals surface area contributed by atoms with Crippen molar-refractivity contribution >= 4 is 17.3 Å². The molecule has 1 fully saturated rings. The molecule has 1 aliphatic heterocycles. The van der Waals surface area contributed by atoms with Crippen LogP contribution in [0.4, 0.5) is 15.8 Å². The number of nitrogens with zero attached hydrogens (tertiary/aromatic N) is 2. The Bertz CT molecular complexity index is 834. The summed E-state index contributed by atoms with van der Waals surface area (Å²) in [5.41, 5.74) is 2.76. The Morgan fingerprint density at radius 2 is 2.00 bits per heavy atom. The van der Waals surface area contributed by atoms with E-state index in [2.05, 4.69) is 5.32 Å². The van der Waals surface area contributed by atoms with Crippen LogP contribution in [-0.4, -0.2) is 12.5 Å². The first-order valence-corrected chi connectivity index (χ1v) is 9.13. The number of hydrogen-bond acceptors (Lipinski definition) is 3. The second kappa shape index (κ2) is 6.59. The van der Waals surface area contributed by atoms with Crippen molar-refractivity contribution < 1.29 is 13.9 Å². The van der Waals surface area contributed by atoms with Gasteiger partial charge in [0.15, 0.2) is 0 Å². The van der Waals surface area contributed by atoms with Crippen LogP contribution in [0.15, 0.2) is 36.4 Å². The summed E-state index contributed by atoms with van der Waals surface area (Å²) in [6, 6.07) is 9.50. The number of carbonyl (C=O) groups is 1. The minimum absolute atomic E-state index is 0.139. The van der Waals surface area contributed by atoms with Crippen LogP contribution in [0.25, 0.3) is 0 Å². The third-order valence-corrected chi connectivity index (χ3v) is 5.14. The average Bonchev–Trinajstić information content (AvgIpc) is 3.48. The highest BCUT2D eigenvalue weighted by molar-refractivity contribution is 5.97. The van der Waals surface area contributed by atoms with Crippen LogP contribution in [0.5, 0.6) is 0 Å². The van der Waals surface area contributed by atoms with E-state index in [-0.39, 0.29) is 23.7 Å². The number of rotatable bonds is 4. The van der Waals surface area contributed by atoms with Gasteiger partial charge < -0.3 is 15.4 Å². The van der Waals surface area contributed by atoms with E-state index in [0.29, 0.717) is 24.4 Å². The molecule has 26 heavy (non-hydrogen) atoms. The number of benzene rings is 1. The lowest BCUT2D eigenvalue weighted by molar-refractivity contribution is -0.623. The maximum atomic E-state index is 13.0. The van der Waals surface area contributed by atoms with Gasteiger partial charge in [0.05, 0.1) is 0 Å². The van der Waals surface area contributed by atoms with Gasteiger partial charge in [-0.25, -0.2) is 4.39 Å². The molecular formula is C20H22FN3O2. The minimum atomic E-state index is -0.295. The summed E-state index contributed by atoms with van der Waals surface area (Å²) < 4.78 is 14.0. The number of halogens is 1. The molecule has 1 saturated carbocycles. The van der Waals surface area contributed by atoms with Crippen molar-refractivity contribution in [2.24, 2.45) is 5.92 Å². The van der Waals surface area contributed by atoms with E-state index in [1.165, 1.54) is 12.1 Å². The largest absolute Gasteiger partial charge is 0.618 e. The van der Waals surface area contributed by atoms with Gasteiger partial charge in [0.25, 0.3) is 0 Å². The van der Waals surface area contributed by atoms with E-state index < -0.39 is 0 Å². The Labute approximate surface area is 152 Å². The van der Waals surface area contributed by atoms with E-state index in [1.807, 2.05) is 13.0 Å². The van der Waals surface area contributed by atoms with Crippen molar-refractivity contribution in [3.05, 3.63) is 58.8 Å². The van der Waals surface area contributed by atoms with E-state index in [1.54, 1.807) is 23.1 Å². The van der Waals surface area contributed by atoms with Gasteiger partial charge in [0, 0.05) is 30.6 Å². The van der Waals surface area contributed by atoms with Crippen LogP contribution in [0.1, 0.15) is 43.6 Å². The monoisotopic (exact) mass is 355 g/mol. The molecule has 1 aliphatic carbocycles. The molecule has 6 heteroatoms. The highest BCUT2D eigenvalue weighted by Gasteiger charge is 2.38. The zero-order chi connectivity index (χ0) is 18.3. The maximum absolute atomic E-state index is 13.0. The topological polar surface area (TPSA) is 59.3 Å². The number of pyridine rings is 1. The van der Waals surface area contributed by atoms with Crippen molar-refractivity contribution in [3.8, 4) is 0 Å². The first-order valence-electron chi connectivity index (χ1n) is 9.13. The molecule has 0 radical (unpaired) electrons. The van der Waals surface area contributed by atoms with E-state index in [0.717, 1.165) is 35.4 Å². The van der Waals surface area contributed by atoms with Crippen molar-refractivity contribution in [2.75, 3.05) is 16.8 Å². The van der Waals surface area contributed by atoms with Crippen molar-refractivity contribution in [3.63, 3.8) is 0 Å². The van der Waals surface area contributed by atoms with E-state index in [9.17, 15) is 14.4 Å². The third-order valence-electron chi connectivity index (χ3n) is 5.14. The predicted octanol–water partition coefficient (Wildman–Crippen LogP) is 3.32. The van der Waals surface area contributed by atoms with Crippen molar-refractivity contribution in [1.82, 2.24) is 0 Å². The molecular weight excluding hydrogens is 333 g/mol. The van der Waals surface area contributed by atoms with Crippen molar-refractivity contribution in [1.29, 1.82) is 0 Å². The lowest BCUT2D eigenvalue weighted by atomic mass is 10.0. The second-order valence-electron chi connectivity index (χ2n) is 7.13. The second-order valence-corrected chi connectivity index (χ2v) is 7.13. The summed E-state index contributed by atoms with van der Waals surface area (Å²) in [6.07, 6.45) is 3.39. The number of anilines is 2. The Morgan fingerprint density at radius 1 is 1.27 bits per heavy atom. The van der Waals surface area contributed by atoms with Crippen LogP contribution < -0.4 is 14.9 Å². The van der Waals surface area contributed by atoms with Gasteiger partial charge in [0.2, 0.25) is 17.3 Å². The fourth-order valence-corrected chi connectivity index (χ4v) is 3.56. The van der Waals surface area contributed by atoms with Gasteiger partial charge in [-0.05, 0) is 56.5 Å². The van der Waals surface area contributed by atoms with Crippen LogP contribution in [-0.2, 0) is 11.2 Å². The molecule has 1 N–H and O–H groups in total. The zero-order valence-electron chi connectivity index (χ0n) is 14.7. The van der Waals surface area contributed by atoms with Crippen LogP contribution in [0.3, 0.4) is 0 Å². The lowest BCUT2D eigenvalue weighted by Gasteiger charge is -2.29. The van der Waals surface area contributed by atoms with Gasteiger partial charge in [-0.15, -0.1) is 0 Å². The highest BCUT2D eigenvalue weighted by Crippen LogP contribution is 2.35. The lowest BCUT2D eigenvalue weighted by Crippen LogP contribution is -2.45. The van der Waals surface area contributed by atoms with Gasteiger partial charge in [-0.1, -0.05) is 0 Å². The quantitative estimate of drug-likeness (QED) is 0.676. The standard InChI is InChI=1S/C20H22FN3O2/c1-13(22-16-8-6-15(21)7-9-16)17-10-11-18-19(24(17)26)3-2-12-23(18)20(25)14-4-5-14/h6-11,13-14,22H,2-5,12H2,1H3. The van der Waals surface area contributed by atoms with E-state index in [4.69, 9.17) is 0 Å². The Kier molecular flexibility index (Phi) is 4.26. The molecule has 1 aromatic heterocycles. The average molecular weight is 355 g/mol. The summed E-state index contributed by atoms with van der Waals surface area (Å²) in [7, 11) is 0. The number of fused-ring (bicyclic) bond motifs is 1. The number of aromatic nitrogens is 1. The van der Waals surface area contributed by atoms with Crippen LogP contribution in [0.2, 0.25) is 0 Å². The molecule has 5 nitrogen and oxygen atoms in total. The van der Waals surface area contributed by atoms with Gasteiger partial charge >= 0.3 is 0 Å². The summed E-state index contributed by atoms with van der Waals surface area (Å²) >= 11 is 0. The molecule has 1 unspecified atom stereocenters. The predicted molar refractivity (Wildman–Crippen MR) is 97.2 cm³/mol. The van der Waals surface area contributed by atoms with Gasteiger partial charge in [0.1, 0.15) is 17.5 Å². The van der Waals surface area contributed by atoms with Crippen molar-refractivity contribution in [2.45, 2.75) is 38.6 Å². The molecule has 4 rings (SSSR count). The Hall–Kier alpha value is -2.63. The highest BCUT2D eigenvalue weighted by atomic mass is 19.1. The molecule has 0 saturated heterocycles. The molecule has 2 aliphatic rings. The van der Waals surface area contributed by atoms with Gasteiger partial charge in [-0.3, -0.25) is 4.79 Å². The number of nitrogens with one attached hydrogen (secondary N) is 1. The smallest absolute Gasteiger partial charge is 0.230 e. The van der Waals surface area contributed by atoms with Gasteiger partial charge in [-0.2, -0.15) is 4.73 Å². The van der Waals surface area contributed by atoms with Crippen LogP contribution >= 0.6 is 0 Å². The molecule has 136 valence electrons. The first-order chi connectivity index (χ1) is 12.5. The molecule has 0 bridgehead atoms. The molecule has 2 heterocycles. The normalized spacial score (nSPS) is 17.5. The minimum Gasteiger partial charge on any atom is -0.618 e. The summed E-state index contributed by atoms with van der Waals surface area (Å²) in [6.45, 7) is 2.58. The molecule has 1 atom stereocenters. The Morgan fingerprint density at radius 3 is 2.69 bits per heavy atom. The number of amides is 1. The third kappa shape index (κ3) is 3.11. The number of hydrogen-bond donors (Lipinski definition) is 1. The summed E-state index contributed by atoms with van der Waals surface area (Å²) in [5, 5.41) is 16.2. The summed E-state index contributed by atoms with van der Waals surface area (Å²) in [4.78, 5) is 14.3. The fraction of sp³-hybridized carbons (Fsp3) is 0.400. The van der Waals surface area contributed by atoms with E-state index >= 15 is 0 Å². The zero-order valence-corrected chi connectivity index (χ0v) is 14.7. The fourth-order valence-electron chi connectivity index (χ4n) is 3.56. The molecule has 1 amide bonds. The van der Waals surface area contributed by atoms with Crippen LogP contribution in [0, 0.1) is 16.9 Å². The number of carbonyl (C=O) groups excluding carboxylic acids is 1. The first kappa shape index (κ1) is 16.8. The maximum Gasteiger partial charge on any atom is 0.230 e. The molecule has 0 spiro atoms. The molecule has 2 aromatic rings.